The monoisotopic (exact) mass is 387 g/mol. The topological polar surface area (TPSA) is 47.6 Å². The van der Waals surface area contributed by atoms with Crippen LogP contribution in [0.4, 0.5) is 0 Å². The quantitative estimate of drug-likeness (QED) is 0.656. The van der Waals surface area contributed by atoms with E-state index in [1.807, 2.05) is 18.2 Å². The lowest BCUT2D eigenvalue weighted by Gasteiger charge is -2.10. The van der Waals surface area contributed by atoms with Gasteiger partial charge in [-0.25, -0.2) is 0 Å². The Kier molecular flexibility index (Phi) is 8.52. The van der Waals surface area contributed by atoms with Crippen molar-refractivity contribution in [2.45, 2.75) is 31.9 Å². The molecule has 0 aromatic heterocycles. The summed E-state index contributed by atoms with van der Waals surface area (Å²) in [7, 11) is 3.24. The number of carbonyl (C=O) groups is 1. The van der Waals surface area contributed by atoms with Crippen molar-refractivity contribution < 1.29 is 14.3 Å². The van der Waals surface area contributed by atoms with Gasteiger partial charge in [-0.1, -0.05) is 44.2 Å². The molecule has 0 aliphatic heterocycles. The number of methoxy groups -OCH3 is 2. The zero-order valence-electron chi connectivity index (χ0n) is 16.6. The minimum absolute atomic E-state index is 0.0688. The van der Waals surface area contributed by atoms with E-state index in [0.29, 0.717) is 29.7 Å². The molecule has 2 aromatic carbocycles. The SMILES string of the molecule is COc1ccc(CCNC(=O)CSCc2ccc(C(C)C)cc2)cc1OC. The van der Waals surface area contributed by atoms with Crippen LogP contribution in [0.25, 0.3) is 0 Å². The van der Waals surface area contributed by atoms with E-state index in [-0.39, 0.29) is 5.91 Å². The molecule has 0 fully saturated rings. The second kappa shape index (κ2) is 10.9. The standard InChI is InChI=1S/C22H29NO3S/c1-16(2)19-8-5-18(6-9-19)14-27-15-22(24)23-12-11-17-7-10-20(25-3)21(13-17)26-4/h5-10,13,16H,11-12,14-15H2,1-4H3,(H,23,24). The Morgan fingerprint density at radius 3 is 2.30 bits per heavy atom. The van der Waals surface area contributed by atoms with Gasteiger partial charge in [0.15, 0.2) is 11.5 Å². The highest BCUT2D eigenvalue weighted by Gasteiger charge is 2.06. The number of rotatable bonds is 10. The molecule has 0 bridgehead atoms. The van der Waals surface area contributed by atoms with Crippen LogP contribution < -0.4 is 14.8 Å². The summed E-state index contributed by atoms with van der Waals surface area (Å²) in [6.45, 7) is 4.99. The summed E-state index contributed by atoms with van der Waals surface area (Å²) in [4.78, 5) is 12.0. The Bertz CT molecular complexity index is 729. The summed E-state index contributed by atoms with van der Waals surface area (Å²) in [5.41, 5.74) is 3.70. The maximum atomic E-state index is 12.0. The Morgan fingerprint density at radius 1 is 1.00 bits per heavy atom. The molecule has 1 amide bonds. The lowest BCUT2D eigenvalue weighted by atomic mass is 10.0. The first kappa shape index (κ1) is 21.2. The van der Waals surface area contributed by atoms with Gasteiger partial charge < -0.3 is 14.8 Å². The van der Waals surface area contributed by atoms with Gasteiger partial charge in [0.25, 0.3) is 0 Å². The first-order valence-electron chi connectivity index (χ1n) is 9.17. The first-order valence-corrected chi connectivity index (χ1v) is 10.3. The van der Waals surface area contributed by atoms with Gasteiger partial charge in [-0.05, 0) is 41.2 Å². The molecule has 2 aromatic rings. The van der Waals surface area contributed by atoms with Crippen LogP contribution in [0, 0.1) is 0 Å². The summed E-state index contributed by atoms with van der Waals surface area (Å²) in [5, 5.41) is 2.98. The van der Waals surface area contributed by atoms with Crippen LogP contribution in [0.2, 0.25) is 0 Å². The molecule has 0 aliphatic rings. The fourth-order valence-electron chi connectivity index (χ4n) is 2.69. The first-order chi connectivity index (χ1) is 13.0. The van der Waals surface area contributed by atoms with Gasteiger partial charge >= 0.3 is 0 Å². The van der Waals surface area contributed by atoms with Crippen LogP contribution in [-0.2, 0) is 17.0 Å². The third-order valence-corrected chi connectivity index (χ3v) is 5.34. The van der Waals surface area contributed by atoms with Gasteiger partial charge in [0.2, 0.25) is 5.91 Å². The van der Waals surface area contributed by atoms with Gasteiger partial charge in [-0.15, -0.1) is 11.8 Å². The van der Waals surface area contributed by atoms with Gasteiger partial charge in [0.1, 0.15) is 0 Å². The average Bonchev–Trinajstić information content (AvgIpc) is 2.68. The van der Waals surface area contributed by atoms with E-state index in [0.717, 1.165) is 17.7 Å². The number of ether oxygens (including phenoxy) is 2. The molecule has 146 valence electrons. The largest absolute Gasteiger partial charge is 0.493 e. The highest BCUT2D eigenvalue weighted by atomic mass is 32.2. The minimum Gasteiger partial charge on any atom is -0.493 e. The molecule has 4 nitrogen and oxygen atoms in total. The Hall–Kier alpha value is -2.14. The molecule has 0 atom stereocenters. The highest BCUT2D eigenvalue weighted by molar-refractivity contribution is 7.99. The van der Waals surface area contributed by atoms with Crippen molar-refractivity contribution in [3.05, 3.63) is 59.2 Å². The summed E-state index contributed by atoms with van der Waals surface area (Å²) >= 11 is 1.64. The minimum atomic E-state index is 0.0688. The Labute approximate surface area is 166 Å². The van der Waals surface area contributed by atoms with E-state index in [1.54, 1.807) is 26.0 Å². The van der Waals surface area contributed by atoms with Gasteiger partial charge in [0, 0.05) is 12.3 Å². The molecule has 27 heavy (non-hydrogen) atoms. The number of hydrogen-bond acceptors (Lipinski definition) is 4. The van der Waals surface area contributed by atoms with E-state index >= 15 is 0 Å². The number of amides is 1. The highest BCUT2D eigenvalue weighted by Crippen LogP contribution is 2.27. The average molecular weight is 388 g/mol. The van der Waals surface area contributed by atoms with Gasteiger partial charge in [-0.2, -0.15) is 0 Å². The third kappa shape index (κ3) is 6.83. The van der Waals surface area contributed by atoms with Gasteiger partial charge in [-0.3, -0.25) is 4.79 Å². The number of nitrogens with one attached hydrogen (secondary N) is 1. The van der Waals surface area contributed by atoms with Gasteiger partial charge in [0.05, 0.1) is 20.0 Å². The third-order valence-electron chi connectivity index (χ3n) is 4.33. The summed E-state index contributed by atoms with van der Waals surface area (Å²) in [6.07, 6.45) is 0.757. The molecular weight excluding hydrogens is 358 g/mol. The van der Waals surface area contributed by atoms with Crippen LogP contribution >= 0.6 is 11.8 Å². The fourth-order valence-corrected chi connectivity index (χ4v) is 3.51. The van der Waals surface area contributed by atoms with Crippen LogP contribution in [0.1, 0.15) is 36.5 Å². The summed E-state index contributed by atoms with van der Waals surface area (Å²) in [6, 6.07) is 14.5. The fraction of sp³-hybridized carbons (Fsp3) is 0.409. The smallest absolute Gasteiger partial charge is 0.230 e. The Morgan fingerprint density at radius 2 is 1.67 bits per heavy atom. The van der Waals surface area contributed by atoms with Crippen LogP contribution in [0.3, 0.4) is 0 Å². The van der Waals surface area contributed by atoms with Crippen molar-refractivity contribution in [2.75, 3.05) is 26.5 Å². The van der Waals surface area contributed by atoms with Crippen molar-refractivity contribution in [1.82, 2.24) is 5.32 Å². The van der Waals surface area contributed by atoms with E-state index in [9.17, 15) is 4.79 Å². The molecule has 2 rings (SSSR count). The lowest BCUT2D eigenvalue weighted by molar-refractivity contribution is -0.118. The molecule has 0 saturated heterocycles. The normalized spacial score (nSPS) is 10.7. The maximum absolute atomic E-state index is 12.0. The maximum Gasteiger partial charge on any atom is 0.230 e. The van der Waals surface area contributed by atoms with Crippen LogP contribution in [0.15, 0.2) is 42.5 Å². The van der Waals surface area contributed by atoms with Crippen molar-refractivity contribution in [1.29, 1.82) is 0 Å². The summed E-state index contributed by atoms with van der Waals surface area (Å²) in [5.74, 6) is 3.35. The second-order valence-corrected chi connectivity index (χ2v) is 7.66. The number of hydrogen-bond donors (Lipinski definition) is 1. The molecule has 0 saturated carbocycles. The molecule has 5 heteroatoms. The number of thioether (sulfide) groups is 1. The molecule has 0 heterocycles. The van der Waals surface area contributed by atoms with Crippen LogP contribution in [-0.4, -0.2) is 32.4 Å². The predicted octanol–water partition coefficient (Wildman–Crippen LogP) is 4.42. The number of carbonyl (C=O) groups excluding carboxylic acids is 1. The van der Waals surface area contributed by atoms with E-state index in [4.69, 9.17) is 9.47 Å². The van der Waals surface area contributed by atoms with Crippen molar-refractivity contribution >= 4 is 17.7 Å². The molecular formula is C22H29NO3S. The Balaban J connectivity index is 1.69. The van der Waals surface area contributed by atoms with Crippen molar-refractivity contribution in [3.8, 4) is 11.5 Å². The summed E-state index contributed by atoms with van der Waals surface area (Å²) < 4.78 is 10.5. The zero-order valence-corrected chi connectivity index (χ0v) is 17.4. The van der Waals surface area contributed by atoms with Crippen molar-refractivity contribution in [2.24, 2.45) is 0 Å². The van der Waals surface area contributed by atoms with E-state index in [1.165, 1.54) is 11.1 Å². The van der Waals surface area contributed by atoms with Crippen molar-refractivity contribution in [3.63, 3.8) is 0 Å². The number of benzene rings is 2. The lowest BCUT2D eigenvalue weighted by Crippen LogP contribution is -2.27. The molecule has 1 N–H and O–H groups in total. The predicted molar refractivity (Wildman–Crippen MR) is 113 cm³/mol. The molecule has 0 radical (unpaired) electrons. The molecule has 0 spiro atoms. The van der Waals surface area contributed by atoms with Crippen LogP contribution in [0.5, 0.6) is 11.5 Å². The van der Waals surface area contributed by atoms with E-state index < -0.39 is 0 Å². The zero-order chi connectivity index (χ0) is 19.6. The molecule has 0 aliphatic carbocycles. The molecule has 0 unspecified atom stereocenters. The van der Waals surface area contributed by atoms with E-state index in [2.05, 4.69) is 43.4 Å². The second-order valence-electron chi connectivity index (χ2n) is 6.68.